The molecule has 0 bridgehead atoms. The molecule has 0 aliphatic heterocycles. The van der Waals surface area contributed by atoms with Gasteiger partial charge in [0, 0.05) is 17.3 Å². The number of nitrogens with zero attached hydrogens (tertiary/aromatic N) is 3. The number of aromatic nitrogens is 3. The van der Waals surface area contributed by atoms with Crippen molar-refractivity contribution in [2.75, 3.05) is 6.54 Å². The van der Waals surface area contributed by atoms with Gasteiger partial charge in [-0.15, -0.1) is 11.3 Å². The zero-order valence-corrected chi connectivity index (χ0v) is 12.8. The average molecular weight is 298 g/mol. The number of rotatable bonds is 6. The van der Waals surface area contributed by atoms with E-state index in [1.165, 1.54) is 4.88 Å². The number of nitrogens with one attached hydrogen (secondary N) is 1. The first-order chi connectivity index (χ1) is 10.4. The van der Waals surface area contributed by atoms with Crippen molar-refractivity contribution in [3.8, 4) is 5.69 Å². The summed E-state index contributed by atoms with van der Waals surface area (Å²) < 4.78 is 1.99. The van der Waals surface area contributed by atoms with Crippen molar-refractivity contribution in [3.05, 3.63) is 64.9 Å². The van der Waals surface area contributed by atoms with E-state index >= 15 is 0 Å². The second-order valence-electron chi connectivity index (χ2n) is 4.79. The van der Waals surface area contributed by atoms with Crippen molar-refractivity contribution in [1.82, 2.24) is 20.1 Å². The second kappa shape index (κ2) is 6.65. The molecule has 108 valence electrons. The van der Waals surface area contributed by atoms with E-state index in [9.17, 15) is 0 Å². The van der Waals surface area contributed by atoms with Crippen LogP contribution in [0.1, 0.15) is 30.0 Å². The predicted octanol–water partition coefficient (Wildman–Crippen LogP) is 3.42. The summed E-state index contributed by atoms with van der Waals surface area (Å²) >= 11 is 1.67. The maximum absolute atomic E-state index is 4.49. The minimum Gasteiger partial charge on any atom is -0.304 e. The zero-order valence-electron chi connectivity index (χ0n) is 11.9. The molecular formula is C16H18N4S. The molecule has 1 N–H and O–H groups in total. The first-order valence-corrected chi connectivity index (χ1v) is 7.99. The van der Waals surface area contributed by atoms with Gasteiger partial charge in [-0.3, -0.25) is 4.98 Å². The molecule has 0 aliphatic carbocycles. The van der Waals surface area contributed by atoms with Crippen LogP contribution < -0.4 is 5.32 Å². The fourth-order valence-electron chi connectivity index (χ4n) is 2.32. The number of para-hydroxylation sites is 1. The first-order valence-electron chi connectivity index (χ1n) is 7.11. The molecule has 4 nitrogen and oxygen atoms in total. The molecule has 0 fully saturated rings. The Balaban J connectivity index is 1.99. The van der Waals surface area contributed by atoms with Crippen molar-refractivity contribution in [1.29, 1.82) is 0 Å². The van der Waals surface area contributed by atoms with E-state index in [1.807, 2.05) is 40.8 Å². The molecule has 21 heavy (non-hydrogen) atoms. The van der Waals surface area contributed by atoms with Gasteiger partial charge in [-0.2, -0.15) is 5.10 Å². The summed E-state index contributed by atoms with van der Waals surface area (Å²) in [7, 11) is 0. The van der Waals surface area contributed by atoms with Crippen LogP contribution in [0, 0.1) is 0 Å². The highest BCUT2D eigenvalue weighted by Crippen LogP contribution is 2.26. The Hall–Kier alpha value is -1.98. The molecule has 1 aromatic carbocycles. The summed E-state index contributed by atoms with van der Waals surface area (Å²) in [6.07, 6.45) is 4.87. The standard InChI is InChI=1S/C16H18N4S/c1-2-9-18-16(15-11-17-12-21-15)14-8-10-19-20(14)13-6-4-3-5-7-13/h3-8,10-12,16,18H,2,9H2,1H3. The average Bonchev–Trinajstić information content (AvgIpc) is 3.20. The Morgan fingerprint density at radius 3 is 2.81 bits per heavy atom. The summed E-state index contributed by atoms with van der Waals surface area (Å²) in [4.78, 5) is 5.42. The van der Waals surface area contributed by atoms with Crippen molar-refractivity contribution < 1.29 is 0 Å². The van der Waals surface area contributed by atoms with Crippen molar-refractivity contribution in [2.24, 2.45) is 0 Å². The highest BCUT2D eigenvalue weighted by Gasteiger charge is 2.19. The van der Waals surface area contributed by atoms with Gasteiger partial charge in [0.1, 0.15) is 0 Å². The topological polar surface area (TPSA) is 42.7 Å². The van der Waals surface area contributed by atoms with Gasteiger partial charge in [0.2, 0.25) is 0 Å². The molecule has 3 aromatic rings. The van der Waals surface area contributed by atoms with Crippen LogP contribution in [0.5, 0.6) is 0 Å². The molecule has 0 aliphatic rings. The molecular weight excluding hydrogens is 280 g/mol. The van der Waals surface area contributed by atoms with Gasteiger partial charge in [0.05, 0.1) is 22.9 Å². The molecule has 0 radical (unpaired) electrons. The summed E-state index contributed by atoms with van der Waals surface area (Å²) in [5, 5.41) is 8.08. The Morgan fingerprint density at radius 1 is 1.24 bits per heavy atom. The Labute approximate surface area is 128 Å². The van der Waals surface area contributed by atoms with E-state index in [-0.39, 0.29) is 6.04 Å². The summed E-state index contributed by atoms with van der Waals surface area (Å²) in [6.45, 7) is 3.13. The summed E-state index contributed by atoms with van der Waals surface area (Å²) in [5.41, 5.74) is 4.09. The van der Waals surface area contributed by atoms with Crippen LogP contribution in [0.15, 0.2) is 54.3 Å². The number of hydrogen-bond acceptors (Lipinski definition) is 4. The third-order valence-corrected chi connectivity index (χ3v) is 4.14. The second-order valence-corrected chi connectivity index (χ2v) is 5.71. The maximum atomic E-state index is 4.49. The Morgan fingerprint density at radius 2 is 2.10 bits per heavy atom. The Kier molecular flexibility index (Phi) is 4.43. The van der Waals surface area contributed by atoms with E-state index in [2.05, 4.69) is 40.5 Å². The SMILES string of the molecule is CCCNC(c1cncs1)c1ccnn1-c1ccccc1. The number of hydrogen-bond donors (Lipinski definition) is 1. The largest absolute Gasteiger partial charge is 0.304 e. The van der Waals surface area contributed by atoms with Crippen LogP contribution in [0.3, 0.4) is 0 Å². The van der Waals surface area contributed by atoms with Crippen LogP contribution in [0.2, 0.25) is 0 Å². The molecule has 1 unspecified atom stereocenters. The lowest BCUT2D eigenvalue weighted by atomic mass is 10.1. The van der Waals surface area contributed by atoms with E-state index < -0.39 is 0 Å². The lowest BCUT2D eigenvalue weighted by Crippen LogP contribution is -2.24. The molecule has 0 amide bonds. The van der Waals surface area contributed by atoms with Gasteiger partial charge in [-0.25, -0.2) is 4.68 Å². The van der Waals surface area contributed by atoms with E-state index in [1.54, 1.807) is 11.3 Å². The van der Waals surface area contributed by atoms with Crippen molar-refractivity contribution in [3.63, 3.8) is 0 Å². The fraction of sp³-hybridized carbons (Fsp3) is 0.250. The highest BCUT2D eigenvalue weighted by molar-refractivity contribution is 7.09. The van der Waals surface area contributed by atoms with Crippen LogP contribution in [0.25, 0.3) is 5.69 Å². The van der Waals surface area contributed by atoms with Gasteiger partial charge >= 0.3 is 0 Å². The van der Waals surface area contributed by atoms with Gasteiger partial charge in [-0.05, 0) is 31.2 Å². The van der Waals surface area contributed by atoms with Crippen molar-refractivity contribution >= 4 is 11.3 Å². The minimum absolute atomic E-state index is 0.125. The van der Waals surface area contributed by atoms with Gasteiger partial charge < -0.3 is 5.32 Å². The maximum Gasteiger partial charge on any atom is 0.0862 e. The molecule has 0 spiro atoms. The lowest BCUT2D eigenvalue weighted by molar-refractivity contribution is 0.576. The molecule has 0 saturated carbocycles. The van der Waals surface area contributed by atoms with Gasteiger partial charge in [-0.1, -0.05) is 25.1 Å². The minimum atomic E-state index is 0.125. The van der Waals surface area contributed by atoms with Crippen LogP contribution >= 0.6 is 11.3 Å². The van der Waals surface area contributed by atoms with Crippen LogP contribution in [0.4, 0.5) is 0 Å². The molecule has 0 saturated heterocycles. The highest BCUT2D eigenvalue weighted by atomic mass is 32.1. The molecule has 2 heterocycles. The monoisotopic (exact) mass is 298 g/mol. The third-order valence-electron chi connectivity index (χ3n) is 3.30. The molecule has 3 rings (SSSR count). The van der Waals surface area contributed by atoms with Crippen LogP contribution in [-0.4, -0.2) is 21.3 Å². The molecule has 2 aromatic heterocycles. The van der Waals surface area contributed by atoms with E-state index in [0.717, 1.165) is 24.3 Å². The van der Waals surface area contributed by atoms with Gasteiger partial charge in [0.15, 0.2) is 0 Å². The van der Waals surface area contributed by atoms with E-state index in [4.69, 9.17) is 0 Å². The summed E-state index contributed by atoms with van der Waals surface area (Å²) in [5.74, 6) is 0. The number of benzene rings is 1. The molecule has 5 heteroatoms. The smallest absolute Gasteiger partial charge is 0.0862 e. The normalized spacial score (nSPS) is 12.4. The zero-order chi connectivity index (χ0) is 14.5. The van der Waals surface area contributed by atoms with Gasteiger partial charge in [0.25, 0.3) is 0 Å². The van der Waals surface area contributed by atoms with Crippen LogP contribution in [-0.2, 0) is 0 Å². The lowest BCUT2D eigenvalue weighted by Gasteiger charge is -2.18. The predicted molar refractivity (Wildman–Crippen MR) is 85.8 cm³/mol. The summed E-state index contributed by atoms with van der Waals surface area (Å²) in [6, 6.07) is 12.4. The quantitative estimate of drug-likeness (QED) is 0.758. The van der Waals surface area contributed by atoms with Crippen molar-refractivity contribution in [2.45, 2.75) is 19.4 Å². The fourth-order valence-corrected chi connectivity index (χ4v) is 3.03. The molecule has 1 atom stereocenters. The number of thiazole rings is 1. The van der Waals surface area contributed by atoms with E-state index in [0.29, 0.717) is 0 Å². The Bertz CT molecular complexity index is 661. The third kappa shape index (κ3) is 3.04. The first kappa shape index (κ1) is 14.0.